The molecule has 0 amide bonds. The van der Waals surface area contributed by atoms with Crippen molar-refractivity contribution >= 4 is 21.0 Å². The Kier molecular flexibility index (Phi) is 7.07. The molecule has 0 saturated heterocycles. The van der Waals surface area contributed by atoms with Crippen molar-refractivity contribution in [2.75, 3.05) is 6.61 Å². The Bertz CT molecular complexity index is 1380. The molecule has 2 atom stereocenters. The number of hydrogen-bond donors (Lipinski definition) is 1. The highest BCUT2D eigenvalue weighted by molar-refractivity contribution is 7.90. The van der Waals surface area contributed by atoms with Crippen molar-refractivity contribution in [3.8, 4) is 5.75 Å². The van der Waals surface area contributed by atoms with E-state index in [9.17, 15) is 26.7 Å². The van der Waals surface area contributed by atoms with Crippen molar-refractivity contribution < 1.29 is 35.6 Å². The summed E-state index contributed by atoms with van der Waals surface area (Å²) in [5.41, 5.74) is 1.69. The lowest BCUT2D eigenvalue weighted by Crippen LogP contribution is -2.31. The van der Waals surface area contributed by atoms with Gasteiger partial charge in [0.2, 0.25) is 0 Å². The van der Waals surface area contributed by atoms with Gasteiger partial charge in [-0.05, 0) is 49.4 Å². The Morgan fingerprint density at radius 2 is 1.74 bits per heavy atom. The molecule has 0 radical (unpaired) electrons. The Morgan fingerprint density at radius 3 is 2.46 bits per heavy atom. The van der Waals surface area contributed by atoms with E-state index in [1.54, 1.807) is 35.0 Å². The molecule has 0 aliphatic heterocycles. The largest absolute Gasteiger partial charge is 0.573 e. The molecule has 0 fully saturated rings. The number of fused-ring (bicyclic) bond motifs is 1. The van der Waals surface area contributed by atoms with Gasteiger partial charge in [0.15, 0.2) is 0 Å². The van der Waals surface area contributed by atoms with E-state index in [0.717, 1.165) is 17.0 Å². The first-order valence-corrected chi connectivity index (χ1v) is 12.3. The molecule has 35 heavy (non-hydrogen) atoms. The van der Waals surface area contributed by atoms with Crippen LogP contribution in [0, 0.1) is 0 Å². The number of allylic oxidation sites excluding steroid dienone is 4. The number of para-hydroxylation sites is 2. The third kappa shape index (κ3) is 5.77. The number of halogens is 3. The van der Waals surface area contributed by atoms with Gasteiger partial charge < -0.3 is 14.4 Å². The molecule has 1 aromatic heterocycles. The average molecular weight is 508 g/mol. The van der Waals surface area contributed by atoms with Gasteiger partial charge in [-0.25, -0.2) is 0 Å². The molecule has 1 aliphatic carbocycles. The Hall–Kier alpha value is -3.08. The number of aromatic nitrogens is 1. The number of nitrogens with zero attached hydrogens (tertiary/aromatic N) is 1. The molecule has 2 aromatic carbocycles. The van der Waals surface area contributed by atoms with Crippen molar-refractivity contribution in [3.05, 3.63) is 89.0 Å². The summed E-state index contributed by atoms with van der Waals surface area (Å²) in [7, 11) is -4.13. The summed E-state index contributed by atoms with van der Waals surface area (Å²) < 4.78 is 75.7. The van der Waals surface area contributed by atoms with E-state index in [1.807, 2.05) is 19.1 Å². The highest BCUT2D eigenvalue weighted by Gasteiger charge is 2.35. The van der Waals surface area contributed by atoms with Crippen LogP contribution in [0.15, 0.2) is 83.4 Å². The summed E-state index contributed by atoms with van der Waals surface area (Å²) >= 11 is 0. The van der Waals surface area contributed by atoms with Crippen LogP contribution in [0.25, 0.3) is 10.9 Å². The topological polar surface area (TPSA) is 77.8 Å². The van der Waals surface area contributed by atoms with Crippen LogP contribution >= 0.6 is 0 Å². The number of hydrogen-bond acceptors (Lipinski definition) is 5. The second-order valence-corrected chi connectivity index (χ2v) is 9.93. The molecule has 0 spiro atoms. The smallest absolute Gasteiger partial charge is 0.405 e. The zero-order valence-corrected chi connectivity index (χ0v) is 19.6. The van der Waals surface area contributed by atoms with Gasteiger partial charge in [-0.2, -0.15) is 8.42 Å². The van der Waals surface area contributed by atoms with E-state index >= 15 is 0 Å². The van der Waals surface area contributed by atoms with Crippen LogP contribution in [-0.4, -0.2) is 37.2 Å². The number of aliphatic hydroxyl groups is 1. The Morgan fingerprint density at radius 1 is 1.03 bits per heavy atom. The molecular formula is C25H24F3NO5S. The quantitative estimate of drug-likeness (QED) is 0.410. The number of ether oxygens (including phenoxy) is 1. The van der Waals surface area contributed by atoms with E-state index in [0.29, 0.717) is 11.9 Å². The van der Waals surface area contributed by atoms with Crippen LogP contribution < -0.4 is 4.74 Å². The predicted octanol–water partition coefficient (Wildman–Crippen LogP) is 5.46. The second kappa shape index (κ2) is 9.88. The van der Waals surface area contributed by atoms with Crippen LogP contribution in [0.2, 0.25) is 0 Å². The van der Waals surface area contributed by atoms with Crippen molar-refractivity contribution in [3.63, 3.8) is 0 Å². The second-order valence-electron chi connectivity index (χ2n) is 8.26. The fourth-order valence-electron chi connectivity index (χ4n) is 4.09. The van der Waals surface area contributed by atoms with E-state index in [-0.39, 0.29) is 16.9 Å². The van der Waals surface area contributed by atoms with Gasteiger partial charge in [-0.15, -0.1) is 13.2 Å². The minimum atomic E-state index is -4.96. The minimum absolute atomic E-state index is 0.0233. The maximum Gasteiger partial charge on any atom is 0.573 e. The van der Waals surface area contributed by atoms with Crippen molar-refractivity contribution in [1.82, 2.24) is 4.57 Å². The maximum absolute atomic E-state index is 13.1. The minimum Gasteiger partial charge on any atom is -0.405 e. The lowest BCUT2D eigenvalue weighted by Gasteiger charge is -2.28. The molecule has 0 saturated carbocycles. The normalized spacial score (nSPS) is 16.5. The van der Waals surface area contributed by atoms with Crippen molar-refractivity contribution in [2.24, 2.45) is 0 Å². The molecule has 4 rings (SSSR count). The van der Waals surface area contributed by atoms with Gasteiger partial charge in [0.1, 0.15) is 11.9 Å². The number of aliphatic hydroxyl groups excluding tert-OH is 1. The summed E-state index contributed by atoms with van der Waals surface area (Å²) in [6.45, 7) is 1.22. The number of rotatable bonds is 8. The lowest BCUT2D eigenvalue weighted by molar-refractivity contribution is -0.275. The van der Waals surface area contributed by atoms with Crippen LogP contribution in [0.5, 0.6) is 5.75 Å². The maximum atomic E-state index is 13.1. The monoisotopic (exact) mass is 507 g/mol. The zero-order valence-electron chi connectivity index (χ0n) is 18.8. The zero-order chi connectivity index (χ0) is 25.2. The number of alkyl halides is 3. The fraction of sp³-hybridized carbons (Fsp3) is 0.280. The summed E-state index contributed by atoms with van der Waals surface area (Å²) in [5.74, 6) is -0.500. The predicted molar refractivity (Wildman–Crippen MR) is 125 cm³/mol. The van der Waals surface area contributed by atoms with E-state index < -0.39 is 41.0 Å². The van der Waals surface area contributed by atoms with Crippen molar-refractivity contribution in [2.45, 2.75) is 38.3 Å². The van der Waals surface area contributed by atoms with Gasteiger partial charge in [0, 0.05) is 17.3 Å². The third-order valence-electron chi connectivity index (χ3n) is 5.79. The molecular weight excluding hydrogens is 483 g/mol. The Balaban J connectivity index is 1.71. The van der Waals surface area contributed by atoms with Crippen LogP contribution in [0.4, 0.5) is 13.2 Å². The number of benzene rings is 2. The highest BCUT2D eigenvalue weighted by atomic mass is 32.2. The van der Waals surface area contributed by atoms with Gasteiger partial charge in [0.25, 0.3) is 10.1 Å². The van der Waals surface area contributed by atoms with E-state index in [4.69, 9.17) is 4.18 Å². The average Bonchev–Trinajstić information content (AvgIpc) is 3.22. The molecule has 1 N–H and O–H groups in total. The summed E-state index contributed by atoms with van der Waals surface area (Å²) in [4.78, 5) is 0.0825. The molecule has 2 unspecified atom stereocenters. The lowest BCUT2D eigenvalue weighted by atomic mass is 10.00. The van der Waals surface area contributed by atoms with Crippen LogP contribution in [-0.2, 0) is 14.3 Å². The first kappa shape index (κ1) is 25.0. The first-order valence-electron chi connectivity index (χ1n) is 10.9. The fourth-order valence-corrected chi connectivity index (χ4v) is 5.15. The molecule has 1 heterocycles. The molecule has 3 aromatic rings. The van der Waals surface area contributed by atoms with Gasteiger partial charge in [-0.1, -0.05) is 48.0 Å². The SMILES string of the molecule is CC1=CC=C(S(=O)(=O)OCC(O)C(c2ccccc2OC(F)(F)F)n2ccc3ccccc32)CC1. The van der Waals surface area contributed by atoms with Gasteiger partial charge in [-0.3, -0.25) is 4.18 Å². The highest BCUT2D eigenvalue weighted by Crippen LogP contribution is 2.36. The third-order valence-corrected chi connectivity index (χ3v) is 7.22. The Labute approximate surface area is 201 Å². The van der Waals surface area contributed by atoms with E-state index in [1.165, 1.54) is 24.3 Å². The molecule has 0 bridgehead atoms. The van der Waals surface area contributed by atoms with Crippen LogP contribution in [0.3, 0.4) is 0 Å². The summed E-state index contributed by atoms with van der Waals surface area (Å²) in [5, 5.41) is 11.9. The molecule has 186 valence electrons. The summed E-state index contributed by atoms with van der Waals surface area (Å²) in [6.07, 6.45) is -0.872. The molecule has 6 nitrogen and oxygen atoms in total. The molecule has 10 heteroatoms. The standard InChI is InChI=1S/C25H24F3NO5S/c1-17-10-12-19(13-11-17)35(31,32)33-16-22(30)24(29-15-14-18-6-2-4-8-21(18)29)20-7-3-5-9-23(20)34-25(26,27)28/h2-10,12,14-15,22,24,30H,11,13,16H2,1H3. The summed E-state index contributed by atoms with van der Waals surface area (Å²) in [6, 6.07) is 13.2. The van der Waals surface area contributed by atoms with Crippen LogP contribution in [0.1, 0.15) is 31.4 Å². The van der Waals surface area contributed by atoms with Gasteiger partial charge >= 0.3 is 6.36 Å². The van der Waals surface area contributed by atoms with Crippen molar-refractivity contribution in [1.29, 1.82) is 0 Å². The molecule has 1 aliphatic rings. The van der Waals surface area contributed by atoms with E-state index in [2.05, 4.69) is 4.74 Å². The van der Waals surface area contributed by atoms with Gasteiger partial charge in [0.05, 0.1) is 17.6 Å². The first-order chi connectivity index (χ1) is 16.5.